The van der Waals surface area contributed by atoms with Gasteiger partial charge in [-0.15, -0.1) is 0 Å². The van der Waals surface area contributed by atoms with Gasteiger partial charge < -0.3 is 5.11 Å². The molecule has 1 aromatic rings. The summed E-state index contributed by atoms with van der Waals surface area (Å²) in [5, 5.41) is 10.6. The van der Waals surface area contributed by atoms with Crippen molar-refractivity contribution < 1.29 is 5.11 Å². The van der Waals surface area contributed by atoms with Crippen molar-refractivity contribution in [3.8, 4) is 5.75 Å². The molecule has 1 saturated heterocycles. The quantitative estimate of drug-likeness (QED) is 0.870. The molecule has 106 valence electrons. The van der Waals surface area contributed by atoms with Gasteiger partial charge in [0.25, 0.3) is 0 Å². The zero-order valence-electron chi connectivity index (χ0n) is 12.8. The molecule has 0 atom stereocenters. The summed E-state index contributed by atoms with van der Waals surface area (Å²) in [5.74, 6) is 0.503. The largest absolute Gasteiger partial charge is 0.507 e. The van der Waals surface area contributed by atoms with Gasteiger partial charge in [-0.25, -0.2) is 0 Å². The highest BCUT2D eigenvalue weighted by atomic mass is 16.3. The molecule has 2 heteroatoms. The van der Waals surface area contributed by atoms with E-state index in [-0.39, 0.29) is 5.41 Å². The topological polar surface area (TPSA) is 23.5 Å². The van der Waals surface area contributed by atoms with Gasteiger partial charge in [0.05, 0.1) is 0 Å². The van der Waals surface area contributed by atoms with Crippen LogP contribution in [0.5, 0.6) is 5.75 Å². The van der Waals surface area contributed by atoms with Gasteiger partial charge in [-0.3, -0.25) is 4.90 Å². The van der Waals surface area contributed by atoms with Crippen LogP contribution in [0.25, 0.3) is 0 Å². The molecule has 1 aliphatic rings. The molecule has 1 aliphatic heterocycles. The van der Waals surface area contributed by atoms with Crippen LogP contribution in [0.1, 0.15) is 56.7 Å². The third kappa shape index (κ3) is 3.50. The van der Waals surface area contributed by atoms with Gasteiger partial charge in [-0.2, -0.15) is 0 Å². The number of hydrogen-bond donors (Lipinski definition) is 1. The number of aryl methyl sites for hydroxylation is 1. The molecular formula is C17H27NO. The van der Waals surface area contributed by atoms with Gasteiger partial charge in [0.2, 0.25) is 0 Å². The zero-order chi connectivity index (χ0) is 14.0. The zero-order valence-corrected chi connectivity index (χ0v) is 12.8. The summed E-state index contributed by atoms with van der Waals surface area (Å²) in [7, 11) is 0. The lowest BCUT2D eigenvalue weighted by Gasteiger charge is -2.28. The molecule has 0 aliphatic carbocycles. The summed E-state index contributed by atoms with van der Waals surface area (Å²) in [4.78, 5) is 2.46. The second-order valence-electron chi connectivity index (χ2n) is 6.91. The summed E-state index contributed by atoms with van der Waals surface area (Å²) in [6.07, 6.45) is 3.93. The number of phenolic OH excluding ortho intramolecular Hbond substituents is 1. The van der Waals surface area contributed by atoms with Crippen molar-refractivity contribution >= 4 is 0 Å². The van der Waals surface area contributed by atoms with Crippen LogP contribution in [-0.2, 0) is 12.0 Å². The first-order valence-corrected chi connectivity index (χ1v) is 7.43. The Kier molecular flexibility index (Phi) is 4.19. The molecule has 0 spiro atoms. The number of phenols is 1. The van der Waals surface area contributed by atoms with E-state index in [4.69, 9.17) is 0 Å². The first-order valence-electron chi connectivity index (χ1n) is 7.43. The molecule has 0 saturated carbocycles. The van der Waals surface area contributed by atoms with E-state index in [0.717, 1.165) is 30.8 Å². The van der Waals surface area contributed by atoms with Crippen molar-refractivity contribution in [1.29, 1.82) is 0 Å². The number of rotatable bonds is 2. The minimum Gasteiger partial charge on any atom is -0.507 e. The van der Waals surface area contributed by atoms with Crippen LogP contribution < -0.4 is 0 Å². The normalized spacial score (nSPS) is 17.7. The Hall–Kier alpha value is -1.02. The maximum atomic E-state index is 10.6. The average molecular weight is 261 g/mol. The smallest absolute Gasteiger partial charge is 0.123 e. The van der Waals surface area contributed by atoms with Crippen molar-refractivity contribution in [1.82, 2.24) is 4.90 Å². The van der Waals surface area contributed by atoms with Crippen molar-refractivity contribution in [2.45, 2.75) is 58.9 Å². The third-order valence-electron chi connectivity index (χ3n) is 3.98. The van der Waals surface area contributed by atoms with Gasteiger partial charge in [-0.05, 0) is 43.8 Å². The molecule has 0 amide bonds. The molecule has 19 heavy (non-hydrogen) atoms. The maximum absolute atomic E-state index is 10.6. The van der Waals surface area contributed by atoms with E-state index < -0.39 is 0 Å². The lowest BCUT2D eigenvalue weighted by Crippen LogP contribution is -2.29. The lowest BCUT2D eigenvalue weighted by atomic mass is 9.84. The molecule has 0 radical (unpaired) electrons. The fraction of sp³-hybridized carbons (Fsp3) is 0.647. The minimum atomic E-state index is -0.00719. The van der Waals surface area contributed by atoms with Gasteiger partial charge in [0, 0.05) is 12.1 Å². The maximum Gasteiger partial charge on any atom is 0.123 e. The van der Waals surface area contributed by atoms with Crippen LogP contribution in [0.4, 0.5) is 0 Å². The van der Waals surface area contributed by atoms with Crippen molar-refractivity contribution in [3.63, 3.8) is 0 Å². The monoisotopic (exact) mass is 261 g/mol. The molecule has 0 aromatic heterocycles. The fourth-order valence-electron chi connectivity index (χ4n) is 2.90. The second kappa shape index (κ2) is 5.54. The highest BCUT2D eigenvalue weighted by Gasteiger charge is 2.22. The fourth-order valence-corrected chi connectivity index (χ4v) is 2.90. The van der Waals surface area contributed by atoms with Crippen LogP contribution in [0.15, 0.2) is 12.1 Å². The van der Waals surface area contributed by atoms with Crippen LogP contribution in [0.2, 0.25) is 0 Å². The molecule has 0 bridgehead atoms. The molecule has 1 aromatic carbocycles. The molecule has 2 nitrogen and oxygen atoms in total. The Balaban J connectivity index is 2.27. The summed E-state index contributed by atoms with van der Waals surface area (Å²) in [6.45, 7) is 11.8. The number of nitrogens with zero attached hydrogens (tertiary/aromatic N) is 1. The van der Waals surface area contributed by atoms with Crippen LogP contribution in [0.3, 0.4) is 0 Å². The Morgan fingerprint density at radius 1 is 1.11 bits per heavy atom. The van der Waals surface area contributed by atoms with Crippen molar-refractivity contribution in [3.05, 3.63) is 28.8 Å². The van der Waals surface area contributed by atoms with Crippen molar-refractivity contribution in [2.24, 2.45) is 0 Å². The van der Waals surface area contributed by atoms with E-state index in [1.807, 2.05) is 0 Å². The lowest BCUT2D eigenvalue weighted by molar-refractivity contribution is 0.218. The Morgan fingerprint density at radius 2 is 1.74 bits per heavy atom. The molecule has 1 heterocycles. The van der Waals surface area contributed by atoms with Crippen LogP contribution in [-0.4, -0.2) is 23.1 Å². The highest BCUT2D eigenvalue weighted by molar-refractivity contribution is 5.46. The summed E-state index contributed by atoms with van der Waals surface area (Å²) in [5.41, 5.74) is 3.40. The second-order valence-corrected chi connectivity index (χ2v) is 6.91. The van der Waals surface area contributed by atoms with Gasteiger partial charge in [0.1, 0.15) is 5.75 Å². The molecule has 0 unspecified atom stereocenters. The number of aromatic hydroxyl groups is 1. The first kappa shape index (κ1) is 14.4. The summed E-state index contributed by atoms with van der Waals surface area (Å²) >= 11 is 0. The Labute approximate surface area is 117 Å². The minimum absolute atomic E-state index is 0.00719. The van der Waals surface area contributed by atoms with E-state index in [1.54, 1.807) is 0 Å². The van der Waals surface area contributed by atoms with E-state index in [0.29, 0.717) is 5.75 Å². The predicted octanol–water partition coefficient (Wildman–Crippen LogP) is 3.98. The number of hydrogen-bond acceptors (Lipinski definition) is 2. The standard InChI is InChI=1S/C17H27NO/c1-13-10-14(12-18-8-6-5-7-9-18)16(19)15(11-13)17(2,3)4/h10-11,19H,5-9,12H2,1-4H3. The van der Waals surface area contributed by atoms with Gasteiger partial charge in [-0.1, -0.05) is 44.9 Å². The van der Waals surface area contributed by atoms with E-state index in [9.17, 15) is 5.11 Å². The Morgan fingerprint density at radius 3 is 2.32 bits per heavy atom. The number of benzene rings is 1. The van der Waals surface area contributed by atoms with E-state index in [1.165, 1.54) is 24.8 Å². The predicted molar refractivity (Wildman–Crippen MR) is 80.7 cm³/mol. The molecule has 1 N–H and O–H groups in total. The van der Waals surface area contributed by atoms with Gasteiger partial charge in [0.15, 0.2) is 0 Å². The molecular weight excluding hydrogens is 234 g/mol. The Bertz CT molecular complexity index is 439. The average Bonchev–Trinajstić information content (AvgIpc) is 2.33. The van der Waals surface area contributed by atoms with Crippen LogP contribution in [0, 0.1) is 6.92 Å². The molecule has 2 rings (SSSR count). The van der Waals surface area contributed by atoms with Crippen molar-refractivity contribution in [2.75, 3.05) is 13.1 Å². The van der Waals surface area contributed by atoms with Crippen LogP contribution >= 0.6 is 0 Å². The first-order chi connectivity index (χ1) is 8.88. The summed E-state index contributed by atoms with van der Waals surface area (Å²) in [6, 6.07) is 4.26. The third-order valence-corrected chi connectivity index (χ3v) is 3.98. The van der Waals surface area contributed by atoms with E-state index >= 15 is 0 Å². The highest BCUT2D eigenvalue weighted by Crippen LogP contribution is 2.35. The number of piperidine rings is 1. The SMILES string of the molecule is Cc1cc(CN2CCCCC2)c(O)c(C(C)(C)C)c1. The van der Waals surface area contributed by atoms with Gasteiger partial charge >= 0.3 is 0 Å². The summed E-state index contributed by atoms with van der Waals surface area (Å²) < 4.78 is 0. The number of likely N-dealkylation sites (tertiary alicyclic amines) is 1. The molecule has 1 fully saturated rings. The van der Waals surface area contributed by atoms with E-state index in [2.05, 4.69) is 44.7 Å².